The Morgan fingerprint density at radius 2 is 2.21 bits per heavy atom. The first-order chi connectivity index (χ1) is 8.86. The SMILES string of the molecule is Cc1ccnc2nc(C(=O)N(C)C(C)(C)CO)nn12. The van der Waals surface area contributed by atoms with E-state index in [-0.39, 0.29) is 18.3 Å². The lowest BCUT2D eigenvalue weighted by Gasteiger charge is -2.32. The van der Waals surface area contributed by atoms with E-state index in [0.717, 1.165) is 5.69 Å². The predicted molar refractivity (Wildman–Crippen MR) is 68.8 cm³/mol. The maximum Gasteiger partial charge on any atom is 0.293 e. The highest BCUT2D eigenvalue weighted by Gasteiger charge is 2.30. The van der Waals surface area contributed by atoms with Crippen molar-refractivity contribution in [3.8, 4) is 0 Å². The third-order valence-electron chi connectivity index (χ3n) is 3.22. The number of likely N-dealkylation sites (N-methyl/N-ethyl adjacent to an activating group) is 1. The van der Waals surface area contributed by atoms with Gasteiger partial charge in [0.25, 0.3) is 11.7 Å². The van der Waals surface area contributed by atoms with Crippen LogP contribution in [0, 0.1) is 6.92 Å². The fourth-order valence-corrected chi connectivity index (χ4v) is 1.53. The minimum atomic E-state index is -0.670. The fourth-order valence-electron chi connectivity index (χ4n) is 1.53. The van der Waals surface area contributed by atoms with Crippen LogP contribution < -0.4 is 0 Å². The van der Waals surface area contributed by atoms with Gasteiger partial charge in [-0.15, -0.1) is 5.10 Å². The molecule has 0 atom stereocenters. The van der Waals surface area contributed by atoms with Crippen molar-refractivity contribution in [2.75, 3.05) is 13.7 Å². The molecule has 0 fully saturated rings. The van der Waals surface area contributed by atoms with Gasteiger partial charge in [-0.25, -0.2) is 9.50 Å². The second-order valence-corrected chi connectivity index (χ2v) is 5.07. The van der Waals surface area contributed by atoms with E-state index in [4.69, 9.17) is 0 Å². The largest absolute Gasteiger partial charge is 0.394 e. The van der Waals surface area contributed by atoms with Crippen LogP contribution >= 0.6 is 0 Å². The maximum atomic E-state index is 12.3. The molecule has 0 spiro atoms. The Labute approximate surface area is 110 Å². The van der Waals surface area contributed by atoms with E-state index < -0.39 is 5.54 Å². The van der Waals surface area contributed by atoms with Gasteiger partial charge in [-0.2, -0.15) is 4.98 Å². The zero-order valence-electron chi connectivity index (χ0n) is 11.5. The van der Waals surface area contributed by atoms with Crippen LogP contribution in [0.3, 0.4) is 0 Å². The minimum absolute atomic E-state index is 0.0748. The molecule has 0 saturated carbocycles. The molecule has 1 amide bonds. The number of hydrogen-bond donors (Lipinski definition) is 1. The molecule has 0 unspecified atom stereocenters. The molecule has 0 aromatic carbocycles. The molecule has 102 valence electrons. The van der Waals surface area contributed by atoms with Crippen LogP contribution in [0.15, 0.2) is 12.3 Å². The highest BCUT2D eigenvalue weighted by atomic mass is 16.3. The van der Waals surface area contributed by atoms with Gasteiger partial charge in [0.05, 0.1) is 12.1 Å². The molecule has 1 N–H and O–H groups in total. The first-order valence-corrected chi connectivity index (χ1v) is 5.94. The molecule has 0 saturated heterocycles. The molecule has 0 aliphatic carbocycles. The van der Waals surface area contributed by atoms with Crippen LogP contribution in [0.1, 0.15) is 30.2 Å². The van der Waals surface area contributed by atoms with Crippen molar-refractivity contribution in [2.24, 2.45) is 0 Å². The second kappa shape index (κ2) is 4.58. The number of nitrogens with zero attached hydrogens (tertiary/aromatic N) is 5. The number of carbonyl (C=O) groups excluding carboxylic acids is 1. The molecule has 0 bridgehead atoms. The normalized spacial score (nSPS) is 11.8. The number of hydrogen-bond acceptors (Lipinski definition) is 5. The van der Waals surface area contributed by atoms with Crippen LogP contribution in [0.5, 0.6) is 0 Å². The highest BCUT2D eigenvalue weighted by Crippen LogP contribution is 2.14. The number of amides is 1. The predicted octanol–water partition coefficient (Wildman–Crippen LogP) is 0.276. The van der Waals surface area contributed by atoms with Crippen LogP contribution in [0.2, 0.25) is 0 Å². The molecule has 0 radical (unpaired) electrons. The summed E-state index contributed by atoms with van der Waals surface area (Å²) in [4.78, 5) is 21.9. The molecule has 19 heavy (non-hydrogen) atoms. The zero-order chi connectivity index (χ0) is 14.2. The van der Waals surface area contributed by atoms with Crippen molar-refractivity contribution in [3.05, 3.63) is 23.8 Å². The number of aryl methyl sites for hydroxylation is 1. The smallest absolute Gasteiger partial charge is 0.293 e. The summed E-state index contributed by atoms with van der Waals surface area (Å²) >= 11 is 0. The Hall–Kier alpha value is -2.02. The van der Waals surface area contributed by atoms with Crippen molar-refractivity contribution < 1.29 is 9.90 Å². The maximum absolute atomic E-state index is 12.3. The first kappa shape index (κ1) is 13.4. The standard InChI is InChI=1S/C12H17N5O2/c1-8-5-6-13-11-14-9(15-17(8)11)10(19)16(4)12(2,3)7-18/h5-6,18H,7H2,1-4H3. The molecule has 2 aromatic rings. The van der Waals surface area contributed by atoms with Crippen LogP contribution in [0.25, 0.3) is 5.78 Å². The summed E-state index contributed by atoms with van der Waals surface area (Å²) in [6, 6.07) is 1.79. The monoisotopic (exact) mass is 263 g/mol. The van der Waals surface area contributed by atoms with Crippen LogP contribution in [0.4, 0.5) is 0 Å². The van der Waals surface area contributed by atoms with E-state index in [1.807, 2.05) is 6.92 Å². The third kappa shape index (κ3) is 2.28. The van der Waals surface area contributed by atoms with Crippen molar-refractivity contribution >= 4 is 11.7 Å². The lowest BCUT2D eigenvalue weighted by molar-refractivity contribution is 0.0462. The highest BCUT2D eigenvalue weighted by molar-refractivity contribution is 5.91. The van der Waals surface area contributed by atoms with Crippen molar-refractivity contribution in [2.45, 2.75) is 26.3 Å². The van der Waals surface area contributed by atoms with E-state index in [0.29, 0.717) is 5.78 Å². The van der Waals surface area contributed by atoms with Crippen molar-refractivity contribution in [1.29, 1.82) is 0 Å². The lowest BCUT2D eigenvalue weighted by atomic mass is 10.1. The Balaban J connectivity index is 2.40. The second-order valence-electron chi connectivity index (χ2n) is 5.07. The van der Waals surface area contributed by atoms with E-state index in [1.54, 1.807) is 33.2 Å². The summed E-state index contributed by atoms with van der Waals surface area (Å²) < 4.78 is 1.52. The number of fused-ring (bicyclic) bond motifs is 1. The Morgan fingerprint density at radius 3 is 2.79 bits per heavy atom. The van der Waals surface area contributed by atoms with Gasteiger partial charge in [0.15, 0.2) is 0 Å². The molecule has 2 rings (SSSR count). The number of aromatic nitrogens is 4. The summed E-state index contributed by atoms with van der Waals surface area (Å²) in [7, 11) is 1.62. The van der Waals surface area contributed by atoms with Gasteiger partial charge in [0.2, 0.25) is 5.82 Å². The minimum Gasteiger partial charge on any atom is -0.394 e. The molecule has 0 aliphatic heterocycles. The van der Waals surface area contributed by atoms with Crippen molar-refractivity contribution in [3.63, 3.8) is 0 Å². The molecular weight excluding hydrogens is 246 g/mol. The molecule has 2 aromatic heterocycles. The summed E-state index contributed by atoms with van der Waals surface area (Å²) in [5, 5.41) is 13.4. The quantitative estimate of drug-likeness (QED) is 0.859. The number of aliphatic hydroxyl groups is 1. The summed E-state index contributed by atoms with van der Waals surface area (Å²) in [6.07, 6.45) is 1.62. The van der Waals surface area contributed by atoms with Gasteiger partial charge in [-0.05, 0) is 26.8 Å². The number of aliphatic hydroxyl groups excluding tert-OH is 1. The van der Waals surface area contributed by atoms with Crippen LogP contribution in [-0.2, 0) is 0 Å². The Morgan fingerprint density at radius 1 is 1.53 bits per heavy atom. The average molecular weight is 263 g/mol. The summed E-state index contributed by atoms with van der Waals surface area (Å²) in [5.74, 6) is 0.119. The Kier molecular flexibility index (Phi) is 3.23. The van der Waals surface area contributed by atoms with E-state index in [9.17, 15) is 9.90 Å². The van der Waals surface area contributed by atoms with Gasteiger partial charge < -0.3 is 10.0 Å². The van der Waals surface area contributed by atoms with Gasteiger partial charge >= 0.3 is 0 Å². The molecule has 2 heterocycles. The average Bonchev–Trinajstić information content (AvgIpc) is 2.82. The number of rotatable bonds is 3. The van der Waals surface area contributed by atoms with Gasteiger partial charge in [-0.1, -0.05) is 0 Å². The molecule has 7 nitrogen and oxygen atoms in total. The third-order valence-corrected chi connectivity index (χ3v) is 3.22. The van der Waals surface area contributed by atoms with Crippen molar-refractivity contribution in [1.82, 2.24) is 24.5 Å². The van der Waals surface area contributed by atoms with E-state index >= 15 is 0 Å². The van der Waals surface area contributed by atoms with Crippen LogP contribution in [-0.4, -0.2) is 54.7 Å². The summed E-state index contributed by atoms with van der Waals surface area (Å²) in [5.41, 5.74) is 0.178. The van der Waals surface area contributed by atoms with Gasteiger partial charge in [0.1, 0.15) is 0 Å². The Bertz CT molecular complexity index is 620. The topological polar surface area (TPSA) is 83.6 Å². The van der Waals surface area contributed by atoms with Gasteiger partial charge in [-0.3, -0.25) is 4.79 Å². The van der Waals surface area contributed by atoms with Gasteiger partial charge in [0, 0.05) is 18.9 Å². The lowest BCUT2D eigenvalue weighted by Crippen LogP contribution is -2.48. The first-order valence-electron chi connectivity index (χ1n) is 5.94. The molecule has 7 heteroatoms. The zero-order valence-corrected chi connectivity index (χ0v) is 11.5. The molecule has 0 aliphatic rings. The fraction of sp³-hybridized carbons (Fsp3) is 0.500. The van der Waals surface area contributed by atoms with E-state index in [2.05, 4.69) is 15.1 Å². The number of carbonyl (C=O) groups is 1. The molecular formula is C12H17N5O2. The summed E-state index contributed by atoms with van der Waals surface area (Å²) in [6.45, 7) is 5.26. The van der Waals surface area contributed by atoms with E-state index in [1.165, 1.54) is 9.42 Å².